The quantitative estimate of drug-likeness (QED) is 0.508. The van der Waals surface area contributed by atoms with E-state index in [2.05, 4.69) is 0 Å². The molecule has 4 heteroatoms. The molecule has 15 heavy (non-hydrogen) atoms. The van der Waals surface area contributed by atoms with E-state index in [9.17, 15) is 14.7 Å². The zero-order valence-corrected chi connectivity index (χ0v) is 9.03. The molecule has 4 atom stereocenters. The van der Waals surface area contributed by atoms with Crippen LogP contribution in [0.3, 0.4) is 0 Å². The summed E-state index contributed by atoms with van der Waals surface area (Å²) in [5, 5.41) is 9.73. The van der Waals surface area contributed by atoms with Crippen LogP contribution in [0.2, 0.25) is 0 Å². The number of fused-ring (bicyclic) bond motifs is 2. The first kappa shape index (κ1) is 10.6. The van der Waals surface area contributed by atoms with E-state index in [-0.39, 0.29) is 17.6 Å². The number of ketones is 1. The van der Waals surface area contributed by atoms with Gasteiger partial charge in [-0.2, -0.15) is 0 Å². The molecule has 0 aromatic heterocycles. The Hall–Kier alpha value is -0.900. The van der Waals surface area contributed by atoms with Crippen LogP contribution in [-0.2, 0) is 14.3 Å². The Labute approximate surface area is 88.6 Å². The second-order valence-corrected chi connectivity index (χ2v) is 4.68. The first-order valence-electron chi connectivity index (χ1n) is 5.35. The molecule has 0 heterocycles. The van der Waals surface area contributed by atoms with E-state index in [4.69, 9.17) is 4.74 Å². The van der Waals surface area contributed by atoms with E-state index >= 15 is 0 Å². The van der Waals surface area contributed by atoms with Gasteiger partial charge in [-0.1, -0.05) is 6.92 Å². The van der Waals surface area contributed by atoms with Gasteiger partial charge in [-0.15, -0.1) is 0 Å². The summed E-state index contributed by atoms with van der Waals surface area (Å²) in [5.41, 5.74) is -0.960. The van der Waals surface area contributed by atoms with Gasteiger partial charge in [0.1, 0.15) is 5.41 Å². The summed E-state index contributed by atoms with van der Waals surface area (Å²) < 4.78 is 4.75. The summed E-state index contributed by atoms with van der Waals surface area (Å²) in [6.45, 7) is 1.85. The van der Waals surface area contributed by atoms with Gasteiger partial charge in [0.2, 0.25) is 0 Å². The molecule has 2 fully saturated rings. The SMILES string of the molecule is COC(=O)[C@]12CC[C@@H](C1=O)[C@H](O)C[C@@H]2C. The lowest BCUT2D eigenvalue weighted by Crippen LogP contribution is -2.50. The maximum absolute atomic E-state index is 12.1. The normalized spacial score (nSPS) is 44.2. The van der Waals surface area contributed by atoms with Gasteiger partial charge in [-0.05, 0) is 25.2 Å². The number of hydrogen-bond acceptors (Lipinski definition) is 4. The van der Waals surface area contributed by atoms with E-state index in [0.29, 0.717) is 19.3 Å². The number of esters is 1. The Morgan fingerprint density at radius 2 is 2.27 bits per heavy atom. The van der Waals surface area contributed by atoms with E-state index in [1.807, 2.05) is 6.92 Å². The second kappa shape index (κ2) is 3.30. The molecular formula is C11H16O4. The van der Waals surface area contributed by atoms with Crippen LogP contribution >= 0.6 is 0 Å². The van der Waals surface area contributed by atoms with Crippen molar-refractivity contribution in [2.45, 2.75) is 32.3 Å². The fourth-order valence-electron chi connectivity index (χ4n) is 3.14. The Morgan fingerprint density at radius 1 is 1.60 bits per heavy atom. The summed E-state index contributed by atoms with van der Waals surface area (Å²) in [5.74, 6) is -0.999. The fraction of sp³-hybridized carbons (Fsp3) is 0.818. The van der Waals surface area contributed by atoms with Crippen LogP contribution in [-0.4, -0.2) is 30.1 Å². The predicted molar refractivity (Wildman–Crippen MR) is 52.0 cm³/mol. The van der Waals surface area contributed by atoms with E-state index < -0.39 is 17.5 Å². The maximum atomic E-state index is 12.1. The van der Waals surface area contributed by atoms with Crippen molar-refractivity contribution >= 4 is 11.8 Å². The summed E-state index contributed by atoms with van der Waals surface area (Å²) in [4.78, 5) is 23.8. The van der Waals surface area contributed by atoms with E-state index in [1.165, 1.54) is 7.11 Å². The smallest absolute Gasteiger partial charge is 0.319 e. The van der Waals surface area contributed by atoms with Crippen LogP contribution in [0.4, 0.5) is 0 Å². The molecule has 2 rings (SSSR count). The minimum atomic E-state index is -0.960. The summed E-state index contributed by atoms with van der Waals surface area (Å²) in [6.07, 6.45) is 1.08. The van der Waals surface area contributed by atoms with Crippen LogP contribution in [0.5, 0.6) is 0 Å². The molecule has 0 aromatic carbocycles. The number of methoxy groups -OCH3 is 1. The largest absolute Gasteiger partial charge is 0.468 e. The van der Waals surface area contributed by atoms with Gasteiger partial charge in [0.25, 0.3) is 0 Å². The Kier molecular flexibility index (Phi) is 2.34. The fourth-order valence-corrected chi connectivity index (χ4v) is 3.14. The average molecular weight is 212 g/mol. The van der Waals surface area contributed by atoms with Gasteiger partial charge < -0.3 is 9.84 Å². The summed E-state index contributed by atoms with van der Waals surface area (Å²) in [7, 11) is 1.31. The highest BCUT2D eigenvalue weighted by molar-refractivity contribution is 6.07. The van der Waals surface area contributed by atoms with Gasteiger partial charge in [-0.25, -0.2) is 0 Å². The molecule has 1 N–H and O–H groups in total. The highest BCUT2D eigenvalue weighted by Crippen LogP contribution is 2.52. The van der Waals surface area contributed by atoms with Gasteiger partial charge in [0.15, 0.2) is 5.78 Å². The van der Waals surface area contributed by atoms with Crippen molar-refractivity contribution in [1.29, 1.82) is 0 Å². The van der Waals surface area contributed by atoms with Gasteiger partial charge in [0.05, 0.1) is 13.2 Å². The zero-order valence-electron chi connectivity index (χ0n) is 9.03. The molecule has 0 aliphatic heterocycles. The Balaban J connectivity index is 2.40. The highest BCUT2D eigenvalue weighted by Gasteiger charge is 2.62. The molecule has 2 aliphatic rings. The number of ether oxygens (including phenoxy) is 1. The van der Waals surface area contributed by atoms with Crippen molar-refractivity contribution in [1.82, 2.24) is 0 Å². The number of hydrogen-bond donors (Lipinski definition) is 1. The third-order valence-electron chi connectivity index (χ3n) is 4.08. The molecule has 0 spiro atoms. The van der Waals surface area contributed by atoms with Crippen LogP contribution in [0, 0.1) is 17.3 Å². The number of carbonyl (C=O) groups is 2. The number of aliphatic hydroxyl groups is 1. The standard InChI is InChI=1S/C11H16O4/c1-6-5-8(12)7-3-4-11(6,9(7)13)10(14)15-2/h6-8,12H,3-5H2,1-2H3/t6-,7+,8+,11-/m0/s1. The zero-order chi connectivity index (χ0) is 11.2. The van der Waals surface area contributed by atoms with Gasteiger partial charge in [0, 0.05) is 5.92 Å². The second-order valence-electron chi connectivity index (χ2n) is 4.68. The number of carbonyl (C=O) groups excluding carboxylic acids is 2. The van der Waals surface area contributed by atoms with Crippen molar-refractivity contribution in [2.24, 2.45) is 17.3 Å². The molecule has 0 saturated heterocycles. The monoisotopic (exact) mass is 212 g/mol. The molecule has 2 bridgehead atoms. The van der Waals surface area contributed by atoms with Crippen molar-refractivity contribution in [3.8, 4) is 0 Å². The molecule has 0 radical (unpaired) electrons. The molecule has 2 saturated carbocycles. The van der Waals surface area contributed by atoms with Gasteiger partial charge >= 0.3 is 5.97 Å². The summed E-state index contributed by atoms with van der Waals surface area (Å²) in [6, 6.07) is 0. The number of rotatable bonds is 1. The first-order chi connectivity index (χ1) is 7.04. The number of Topliss-reactive ketones (excluding diaryl/α,β-unsaturated/α-hetero) is 1. The number of aliphatic hydroxyl groups excluding tert-OH is 1. The van der Waals surface area contributed by atoms with Crippen LogP contribution in [0.1, 0.15) is 26.2 Å². The first-order valence-corrected chi connectivity index (χ1v) is 5.35. The van der Waals surface area contributed by atoms with Crippen LogP contribution < -0.4 is 0 Å². The Morgan fingerprint density at radius 3 is 2.87 bits per heavy atom. The minimum Gasteiger partial charge on any atom is -0.468 e. The molecule has 0 aromatic rings. The molecule has 2 aliphatic carbocycles. The van der Waals surface area contributed by atoms with Crippen molar-refractivity contribution in [3.05, 3.63) is 0 Å². The Bertz CT molecular complexity index is 312. The predicted octanol–water partition coefficient (Wildman–Crippen LogP) is 0.526. The van der Waals surface area contributed by atoms with E-state index in [1.54, 1.807) is 0 Å². The third-order valence-corrected chi connectivity index (χ3v) is 4.08. The average Bonchev–Trinajstić information content (AvgIpc) is 2.48. The third kappa shape index (κ3) is 1.17. The highest BCUT2D eigenvalue weighted by atomic mass is 16.5. The van der Waals surface area contributed by atoms with Crippen molar-refractivity contribution in [3.63, 3.8) is 0 Å². The topological polar surface area (TPSA) is 63.6 Å². The lowest BCUT2D eigenvalue weighted by Gasteiger charge is -2.37. The molecule has 0 amide bonds. The van der Waals surface area contributed by atoms with Crippen molar-refractivity contribution in [2.75, 3.05) is 7.11 Å². The molecule has 4 nitrogen and oxygen atoms in total. The van der Waals surface area contributed by atoms with Gasteiger partial charge in [-0.3, -0.25) is 9.59 Å². The molecule has 84 valence electrons. The van der Waals surface area contributed by atoms with Crippen LogP contribution in [0.15, 0.2) is 0 Å². The maximum Gasteiger partial charge on any atom is 0.319 e. The molecule has 0 unspecified atom stereocenters. The lowest BCUT2D eigenvalue weighted by atomic mass is 9.66. The lowest BCUT2D eigenvalue weighted by molar-refractivity contribution is -0.165. The molecular weight excluding hydrogens is 196 g/mol. The minimum absolute atomic E-state index is 0.111. The summed E-state index contributed by atoms with van der Waals surface area (Å²) >= 11 is 0. The van der Waals surface area contributed by atoms with Crippen molar-refractivity contribution < 1.29 is 19.4 Å². The van der Waals surface area contributed by atoms with Crippen LogP contribution in [0.25, 0.3) is 0 Å². The van der Waals surface area contributed by atoms with E-state index in [0.717, 1.165) is 0 Å².